The van der Waals surface area contributed by atoms with Gasteiger partial charge in [0.15, 0.2) is 0 Å². The molecule has 2 aromatic rings. The summed E-state index contributed by atoms with van der Waals surface area (Å²) in [5, 5.41) is 0. The predicted octanol–water partition coefficient (Wildman–Crippen LogP) is 5.14. The summed E-state index contributed by atoms with van der Waals surface area (Å²) in [6, 6.07) is 15.9. The van der Waals surface area contributed by atoms with Crippen molar-refractivity contribution in [2.75, 3.05) is 37.6 Å². The molecule has 1 saturated carbocycles. The number of piperazine rings is 1. The molecule has 0 aromatic heterocycles. The van der Waals surface area contributed by atoms with E-state index in [-0.39, 0.29) is 11.9 Å². The molecule has 3 aliphatic rings. The zero-order chi connectivity index (χ0) is 19.6. The summed E-state index contributed by atoms with van der Waals surface area (Å²) >= 11 is 0. The Morgan fingerprint density at radius 2 is 1.59 bits per heavy atom. The first kappa shape index (κ1) is 19.1. The van der Waals surface area contributed by atoms with Crippen molar-refractivity contribution in [2.24, 2.45) is 0 Å². The summed E-state index contributed by atoms with van der Waals surface area (Å²) in [6.07, 6.45) is 6.85. The molecule has 2 heterocycles. The molecule has 2 aromatic carbocycles. The molecule has 1 aliphatic carbocycles. The van der Waals surface area contributed by atoms with E-state index >= 15 is 0 Å². The Morgan fingerprint density at radius 1 is 0.862 bits per heavy atom. The van der Waals surface area contributed by atoms with Crippen molar-refractivity contribution in [1.82, 2.24) is 4.90 Å². The van der Waals surface area contributed by atoms with Crippen LogP contribution in [0.25, 0.3) is 0 Å². The first-order valence-electron chi connectivity index (χ1n) is 11.2. The molecule has 0 spiro atoms. The van der Waals surface area contributed by atoms with Gasteiger partial charge in [-0.15, -0.1) is 0 Å². The van der Waals surface area contributed by atoms with E-state index < -0.39 is 0 Å². The average Bonchev–Trinajstić information content (AvgIpc) is 2.78. The smallest absolute Gasteiger partial charge is 0.123 e. The van der Waals surface area contributed by atoms with Gasteiger partial charge in [-0.2, -0.15) is 0 Å². The van der Waals surface area contributed by atoms with Gasteiger partial charge in [0.25, 0.3) is 0 Å². The van der Waals surface area contributed by atoms with Crippen LogP contribution in [0.1, 0.15) is 55.3 Å². The highest BCUT2D eigenvalue weighted by Gasteiger charge is 2.36. The van der Waals surface area contributed by atoms with Crippen molar-refractivity contribution in [3.63, 3.8) is 0 Å². The molecule has 2 aliphatic heterocycles. The van der Waals surface area contributed by atoms with Crippen LogP contribution in [-0.2, 0) is 4.74 Å². The summed E-state index contributed by atoms with van der Waals surface area (Å²) in [4.78, 5) is 4.91. The molecule has 5 rings (SSSR count). The minimum Gasteiger partial charge on any atom is -0.370 e. The Bertz CT molecular complexity index is 816. The van der Waals surface area contributed by atoms with Crippen LogP contribution in [0.4, 0.5) is 10.1 Å². The fourth-order valence-electron chi connectivity index (χ4n) is 5.45. The molecular weight excluding hydrogens is 363 g/mol. The second-order valence-corrected chi connectivity index (χ2v) is 8.78. The van der Waals surface area contributed by atoms with Crippen molar-refractivity contribution >= 4 is 5.69 Å². The molecule has 0 bridgehead atoms. The van der Waals surface area contributed by atoms with Crippen molar-refractivity contribution < 1.29 is 9.13 Å². The third-order valence-electron chi connectivity index (χ3n) is 7.06. The SMILES string of the molecule is Fc1ccc(N2CCN(CCC3OC4CCCCC4c4ccccc43)CC2)cc1. The Labute approximate surface area is 173 Å². The second kappa shape index (κ2) is 8.45. The number of benzene rings is 2. The summed E-state index contributed by atoms with van der Waals surface area (Å²) in [5.74, 6) is 0.441. The third-order valence-corrected chi connectivity index (χ3v) is 7.06. The lowest BCUT2D eigenvalue weighted by Crippen LogP contribution is -2.47. The minimum atomic E-state index is -0.166. The molecule has 154 valence electrons. The molecule has 29 heavy (non-hydrogen) atoms. The fraction of sp³-hybridized carbons (Fsp3) is 0.520. The maximum atomic E-state index is 13.2. The average molecular weight is 395 g/mol. The molecule has 1 saturated heterocycles. The maximum Gasteiger partial charge on any atom is 0.123 e. The van der Waals surface area contributed by atoms with Gasteiger partial charge in [0.2, 0.25) is 0 Å². The monoisotopic (exact) mass is 394 g/mol. The zero-order valence-electron chi connectivity index (χ0n) is 17.1. The van der Waals surface area contributed by atoms with Gasteiger partial charge in [-0.3, -0.25) is 4.90 Å². The Morgan fingerprint density at radius 3 is 2.38 bits per heavy atom. The molecule has 4 heteroatoms. The molecule has 0 amide bonds. The highest BCUT2D eigenvalue weighted by molar-refractivity contribution is 5.46. The predicted molar refractivity (Wildman–Crippen MR) is 115 cm³/mol. The molecule has 3 atom stereocenters. The van der Waals surface area contributed by atoms with Crippen molar-refractivity contribution in [3.05, 3.63) is 65.5 Å². The van der Waals surface area contributed by atoms with Crippen LogP contribution >= 0.6 is 0 Å². The first-order valence-corrected chi connectivity index (χ1v) is 11.2. The number of ether oxygens (including phenoxy) is 1. The van der Waals surface area contributed by atoms with E-state index in [1.807, 2.05) is 12.1 Å². The van der Waals surface area contributed by atoms with Crippen LogP contribution in [0.15, 0.2) is 48.5 Å². The largest absolute Gasteiger partial charge is 0.370 e. The normalized spacial score (nSPS) is 27.3. The Kier molecular flexibility index (Phi) is 5.56. The van der Waals surface area contributed by atoms with Gasteiger partial charge in [-0.1, -0.05) is 37.1 Å². The summed E-state index contributed by atoms with van der Waals surface area (Å²) in [6.45, 7) is 5.18. The molecule has 0 N–H and O–H groups in total. The van der Waals surface area contributed by atoms with Crippen LogP contribution in [0.5, 0.6) is 0 Å². The number of rotatable bonds is 4. The number of nitrogens with zero attached hydrogens (tertiary/aromatic N) is 2. The topological polar surface area (TPSA) is 15.7 Å². The van der Waals surface area contributed by atoms with Crippen molar-refractivity contribution in [3.8, 4) is 0 Å². The van der Waals surface area contributed by atoms with Crippen molar-refractivity contribution in [1.29, 1.82) is 0 Å². The maximum absolute atomic E-state index is 13.2. The highest BCUT2D eigenvalue weighted by Crippen LogP contribution is 2.45. The Balaban J connectivity index is 1.19. The highest BCUT2D eigenvalue weighted by atomic mass is 19.1. The number of anilines is 1. The van der Waals surface area contributed by atoms with Crippen LogP contribution < -0.4 is 4.90 Å². The lowest BCUT2D eigenvalue weighted by atomic mass is 9.76. The van der Waals surface area contributed by atoms with E-state index in [2.05, 4.69) is 34.1 Å². The van der Waals surface area contributed by atoms with Gasteiger partial charge in [0.1, 0.15) is 5.82 Å². The summed E-state index contributed by atoms with van der Waals surface area (Å²) in [5.41, 5.74) is 4.11. The minimum absolute atomic E-state index is 0.166. The lowest BCUT2D eigenvalue weighted by Gasteiger charge is -2.42. The molecule has 3 nitrogen and oxygen atoms in total. The third kappa shape index (κ3) is 4.06. The summed E-state index contributed by atoms with van der Waals surface area (Å²) < 4.78 is 19.8. The standard InChI is InChI=1S/C25H31FN2O/c26-19-9-11-20(12-10-19)28-17-15-27(16-18-28)14-13-25-23-6-2-1-5-21(23)22-7-3-4-8-24(22)29-25/h1-2,5-6,9-12,22,24-25H,3-4,7-8,13-18H2. The van der Waals surface area contributed by atoms with Gasteiger partial charge in [-0.25, -0.2) is 4.39 Å². The van der Waals surface area contributed by atoms with Crippen LogP contribution in [-0.4, -0.2) is 43.7 Å². The fourth-order valence-corrected chi connectivity index (χ4v) is 5.45. The number of fused-ring (bicyclic) bond motifs is 3. The van der Waals surface area contributed by atoms with E-state index in [1.54, 1.807) is 17.7 Å². The van der Waals surface area contributed by atoms with Crippen LogP contribution in [0.3, 0.4) is 0 Å². The van der Waals surface area contributed by atoms with Gasteiger partial charge >= 0.3 is 0 Å². The molecule has 2 fully saturated rings. The van der Waals surface area contributed by atoms with E-state index in [0.29, 0.717) is 12.0 Å². The molecular formula is C25H31FN2O. The number of hydrogen-bond acceptors (Lipinski definition) is 3. The molecule has 0 radical (unpaired) electrons. The first-order chi connectivity index (χ1) is 14.3. The van der Waals surface area contributed by atoms with Gasteiger partial charge in [0, 0.05) is 44.3 Å². The van der Waals surface area contributed by atoms with E-state index in [0.717, 1.165) is 44.8 Å². The number of halogens is 1. The van der Waals surface area contributed by atoms with Gasteiger partial charge < -0.3 is 9.64 Å². The summed E-state index contributed by atoms with van der Waals surface area (Å²) in [7, 11) is 0. The second-order valence-electron chi connectivity index (χ2n) is 8.78. The molecule has 3 unspecified atom stereocenters. The zero-order valence-corrected chi connectivity index (χ0v) is 17.1. The number of hydrogen-bond donors (Lipinski definition) is 0. The Hall–Kier alpha value is -1.91. The van der Waals surface area contributed by atoms with Gasteiger partial charge in [0.05, 0.1) is 12.2 Å². The van der Waals surface area contributed by atoms with E-state index in [1.165, 1.54) is 31.2 Å². The lowest BCUT2D eigenvalue weighted by molar-refractivity contribution is -0.0635. The van der Waals surface area contributed by atoms with E-state index in [4.69, 9.17) is 4.74 Å². The van der Waals surface area contributed by atoms with Crippen molar-refractivity contribution in [2.45, 2.75) is 50.2 Å². The van der Waals surface area contributed by atoms with Crippen LogP contribution in [0.2, 0.25) is 0 Å². The van der Waals surface area contributed by atoms with E-state index in [9.17, 15) is 4.39 Å². The van der Waals surface area contributed by atoms with Gasteiger partial charge in [-0.05, 0) is 54.7 Å². The van der Waals surface area contributed by atoms with Crippen LogP contribution in [0, 0.1) is 5.82 Å². The quantitative estimate of drug-likeness (QED) is 0.714.